The summed E-state index contributed by atoms with van der Waals surface area (Å²) in [5, 5.41) is 10.1. The van der Waals surface area contributed by atoms with E-state index >= 15 is 0 Å². The number of pyridine rings is 1. The van der Waals surface area contributed by atoms with Crippen LogP contribution in [0.25, 0.3) is 11.3 Å². The van der Waals surface area contributed by atoms with Gasteiger partial charge < -0.3 is 5.11 Å². The van der Waals surface area contributed by atoms with E-state index in [1.54, 1.807) is 0 Å². The number of carboxylic acid groups (broad SMARTS) is 1. The summed E-state index contributed by atoms with van der Waals surface area (Å²) < 4.78 is 0. The van der Waals surface area contributed by atoms with Crippen LogP contribution < -0.4 is 0 Å². The van der Waals surface area contributed by atoms with Crippen LogP contribution in [-0.4, -0.2) is 16.1 Å². The van der Waals surface area contributed by atoms with Crippen molar-refractivity contribution in [3.05, 3.63) is 50.0 Å². The zero-order valence-electron chi connectivity index (χ0n) is 9.12. The predicted octanol–water partition coefficient (Wildman–Crippen LogP) is 5.06. The van der Waals surface area contributed by atoms with Crippen LogP contribution in [0.1, 0.15) is 10.4 Å². The number of hydrogen-bond donors (Lipinski definition) is 1. The number of hydrogen-bond acceptors (Lipinski definition) is 2. The molecular weight excluding hydrogens is 332 g/mol. The smallest absolute Gasteiger partial charge is 0.337 e. The molecule has 0 amide bonds. The summed E-state index contributed by atoms with van der Waals surface area (Å²) in [5.41, 5.74) is 0.342. The molecular formula is C12H5Cl4NO2. The van der Waals surface area contributed by atoms with Gasteiger partial charge in [0.1, 0.15) is 5.15 Å². The molecule has 0 radical (unpaired) electrons. The van der Waals surface area contributed by atoms with Gasteiger partial charge in [-0.25, -0.2) is 9.78 Å². The first-order chi connectivity index (χ1) is 8.90. The molecule has 0 saturated carbocycles. The van der Waals surface area contributed by atoms with Gasteiger partial charge in [0, 0.05) is 10.6 Å². The molecule has 0 saturated heterocycles. The van der Waals surface area contributed by atoms with Crippen molar-refractivity contribution in [1.82, 2.24) is 4.98 Å². The second-order valence-electron chi connectivity index (χ2n) is 3.58. The topological polar surface area (TPSA) is 50.2 Å². The molecule has 1 aromatic heterocycles. The zero-order chi connectivity index (χ0) is 14.2. The number of aromatic nitrogens is 1. The minimum atomic E-state index is -1.15. The molecule has 0 unspecified atom stereocenters. The van der Waals surface area contributed by atoms with Gasteiger partial charge >= 0.3 is 5.97 Å². The van der Waals surface area contributed by atoms with Crippen molar-refractivity contribution in [2.45, 2.75) is 0 Å². The van der Waals surface area contributed by atoms with E-state index in [2.05, 4.69) is 4.98 Å². The third-order valence-electron chi connectivity index (χ3n) is 2.34. The number of carboxylic acids is 1. The van der Waals surface area contributed by atoms with Crippen molar-refractivity contribution in [3.8, 4) is 11.3 Å². The van der Waals surface area contributed by atoms with E-state index in [1.807, 2.05) is 0 Å². The first-order valence-electron chi connectivity index (χ1n) is 4.95. The molecule has 2 rings (SSSR count). The molecule has 98 valence electrons. The second kappa shape index (κ2) is 5.55. The van der Waals surface area contributed by atoms with E-state index in [0.717, 1.165) is 0 Å². The Morgan fingerprint density at radius 1 is 1.05 bits per heavy atom. The molecule has 0 spiro atoms. The maximum absolute atomic E-state index is 11.2. The normalized spacial score (nSPS) is 10.5. The van der Waals surface area contributed by atoms with Crippen LogP contribution in [-0.2, 0) is 0 Å². The van der Waals surface area contributed by atoms with E-state index in [0.29, 0.717) is 5.02 Å². The van der Waals surface area contributed by atoms with E-state index < -0.39 is 5.97 Å². The highest BCUT2D eigenvalue weighted by molar-refractivity contribution is 6.42. The number of carbonyl (C=O) groups is 1. The Hall–Kier alpha value is -1.000. The third-order valence-corrected chi connectivity index (χ3v) is 3.36. The molecule has 0 aliphatic heterocycles. The van der Waals surface area contributed by atoms with Gasteiger partial charge in [0.05, 0.1) is 21.3 Å². The Bertz CT molecular complexity index is 650. The molecule has 1 aromatic carbocycles. The molecule has 0 bridgehead atoms. The van der Waals surface area contributed by atoms with Crippen LogP contribution in [0.2, 0.25) is 20.2 Å². The van der Waals surface area contributed by atoms with Gasteiger partial charge in [-0.2, -0.15) is 0 Å². The predicted molar refractivity (Wildman–Crippen MR) is 76.7 cm³/mol. The van der Waals surface area contributed by atoms with E-state index in [9.17, 15) is 4.79 Å². The lowest BCUT2D eigenvalue weighted by molar-refractivity contribution is 0.0697. The monoisotopic (exact) mass is 335 g/mol. The minimum absolute atomic E-state index is 0.0458. The summed E-state index contributed by atoms with van der Waals surface area (Å²) in [6.07, 6.45) is 0. The van der Waals surface area contributed by atoms with Crippen molar-refractivity contribution in [2.75, 3.05) is 0 Å². The van der Waals surface area contributed by atoms with Crippen LogP contribution in [0.4, 0.5) is 0 Å². The molecule has 0 aliphatic rings. The van der Waals surface area contributed by atoms with Crippen molar-refractivity contribution in [1.29, 1.82) is 0 Å². The highest BCUT2D eigenvalue weighted by Gasteiger charge is 2.19. The van der Waals surface area contributed by atoms with E-state index in [1.165, 1.54) is 24.3 Å². The number of halogens is 4. The Morgan fingerprint density at radius 3 is 2.16 bits per heavy atom. The lowest BCUT2D eigenvalue weighted by Gasteiger charge is -2.10. The average Bonchev–Trinajstić information content (AvgIpc) is 2.27. The Balaban J connectivity index is 2.78. The first kappa shape index (κ1) is 14.4. The molecule has 0 fully saturated rings. The molecule has 7 heteroatoms. The summed E-state index contributed by atoms with van der Waals surface area (Å²) in [5.74, 6) is -1.15. The van der Waals surface area contributed by atoms with Crippen LogP contribution in [0.5, 0.6) is 0 Å². The molecule has 0 atom stereocenters. The average molecular weight is 337 g/mol. The minimum Gasteiger partial charge on any atom is -0.478 e. The summed E-state index contributed by atoms with van der Waals surface area (Å²) >= 11 is 23.7. The zero-order valence-corrected chi connectivity index (χ0v) is 12.1. The Labute approximate surface area is 128 Å². The summed E-state index contributed by atoms with van der Waals surface area (Å²) in [4.78, 5) is 15.2. The maximum atomic E-state index is 11.2. The summed E-state index contributed by atoms with van der Waals surface area (Å²) in [7, 11) is 0. The summed E-state index contributed by atoms with van der Waals surface area (Å²) in [6.45, 7) is 0. The molecule has 1 N–H and O–H groups in total. The van der Waals surface area contributed by atoms with Crippen molar-refractivity contribution >= 4 is 52.4 Å². The maximum Gasteiger partial charge on any atom is 0.337 e. The van der Waals surface area contributed by atoms with Gasteiger partial charge in [0.2, 0.25) is 0 Å². The molecule has 0 aliphatic carbocycles. The fraction of sp³-hybridized carbons (Fsp3) is 0. The van der Waals surface area contributed by atoms with Gasteiger partial charge in [0.15, 0.2) is 0 Å². The van der Waals surface area contributed by atoms with Crippen LogP contribution >= 0.6 is 46.4 Å². The van der Waals surface area contributed by atoms with Gasteiger partial charge in [-0.05, 0) is 24.3 Å². The van der Waals surface area contributed by atoms with Crippen molar-refractivity contribution in [3.63, 3.8) is 0 Å². The van der Waals surface area contributed by atoms with E-state index in [-0.39, 0.29) is 32.0 Å². The van der Waals surface area contributed by atoms with Gasteiger partial charge in [0.25, 0.3) is 0 Å². The fourth-order valence-electron chi connectivity index (χ4n) is 1.57. The van der Waals surface area contributed by atoms with Crippen molar-refractivity contribution in [2.24, 2.45) is 0 Å². The SMILES string of the molecule is O=C(O)c1ccc(Cl)nc1-c1c(Cl)cc(Cl)cc1Cl. The van der Waals surface area contributed by atoms with Crippen LogP contribution in [0.15, 0.2) is 24.3 Å². The highest BCUT2D eigenvalue weighted by Crippen LogP contribution is 2.38. The second-order valence-corrected chi connectivity index (χ2v) is 5.22. The number of benzene rings is 1. The quantitative estimate of drug-likeness (QED) is 0.780. The van der Waals surface area contributed by atoms with Crippen LogP contribution in [0, 0.1) is 0 Å². The molecule has 19 heavy (non-hydrogen) atoms. The van der Waals surface area contributed by atoms with Crippen LogP contribution in [0.3, 0.4) is 0 Å². The third kappa shape index (κ3) is 2.95. The first-order valence-corrected chi connectivity index (χ1v) is 6.46. The number of nitrogens with zero attached hydrogens (tertiary/aromatic N) is 1. The van der Waals surface area contributed by atoms with Gasteiger partial charge in [-0.3, -0.25) is 0 Å². The van der Waals surface area contributed by atoms with E-state index in [4.69, 9.17) is 51.5 Å². The highest BCUT2D eigenvalue weighted by atomic mass is 35.5. The lowest BCUT2D eigenvalue weighted by atomic mass is 10.1. The van der Waals surface area contributed by atoms with Gasteiger partial charge in [-0.15, -0.1) is 0 Å². The standard InChI is InChI=1S/C12H5Cl4NO2/c13-5-3-7(14)10(8(15)4-5)11-6(12(18)19)1-2-9(16)17-11/h1-4H,(H,18,19). The number of aromatic carboxylic acids is 1. The molecule has 3 nitrogen and oxygen atoms in total. The molecule has 1 heterocycles. The Morgan fingerprint density at radius 2 is 1.63 bits per heavy atom. The largest absolute Gasteiger partial charge is 0.478 e. The van der Waals surface area contributed by atoms with Crippen molar-refractivity contribution < 1.29 is 9.90 Å². The Kier molecular flexibility index (Phi) is 4.21. The number of rotatable bonds is 2. The summed E-state index contributed by atoms with van der Waals surface area (Å²) in [6, 6.07) is 5.64. The molecule has 2 aromatic rings. The fourth-order valence-corrected chi connectivity index (χ4v) is 2.71. The van der Waals surface area contributed by atoms with Gasteiger partial charge in [-0.1, -0.05) is 46.4 Å². The lowest BCUT2D eigenvalue weighted by Crippen LogP contribution is -2.02.